The third-order valence-electron chi connectivity index (χ3n) is 7.26. The van der Waals surface area contributed by atoms with Crippen LogP contribution < -0.4 is 11.1 Å². The van der Waals surface area contributed by atoms with Gasteiger partial charge in [0.05, 0.1) is 17.5 Å². The fraction of sp³-hybridized carbons (Fsp3) is 0.486. The van der Waals surface area contributed by atoms with Gasteiger partial charge in [0.15, 0.2) is 0 Å². The van der Waals surface area contributed by atoms with Crippen molar-refractivity contribution >= 4 is 29.7 Å². The molecule has 0 aliphatic rings. The van der Waals surface area contributed by atoms with Gasteiger partial charge in [-0.05, 0) is 68.5 Å². The molecule has 2 atom stereocenters. The number of nitrogens with two attached hydrogens (primary N) is 1. The van der Waals surface area contributed by atoms with Crippen molar-refractivity contribution in [1.29, 1.82) is 0 Å². The third-order valence-corrected chi connectivity index (χ3v) is 8.24. The largest absolute Gasteiger partial charge is 0.480 e. The van der Waals surface area contributed by atoms with Crippen molar-refractivity contribution in [2.75, 3.05) is 24.6 Å². The number of amides is 2. The Kier molecular flexibility index (Phi) is 13.6. The molecule has 1 aromatic heterocycles. The molecular weight excluding hydrogens is 640 g/mol. The molecule has 0 aliphatic heterocycles. The van der Waals surface area contributed by atoms with Crippen molar-refractivity contribution in [3.05, 3.63) is 77.8 Å². The summed E-state index contributed by atoms with van der Waals surface area (Å²) in [5.41, 5.74) is 5.56. The number of aliphatic carboxylic acids is 1. The lowest BCUT2D eigenvalue weighted by atomic mass is 9.84. The molecule has 262 valence electrons. The SMILES string of the molecule is CC(C)(C)OC(=O)NCCCN(C(=O)CSCC[C@H](N)C(=O)O)[C@@H](c1nc(-c2cc(F)ccc2F)cn1Cc1ccccc1)C(C)(C)C. The van der Waals surface area contributed by atoms with E-state index in [4.69, 9.17) is 20.6 Å². The average molecular weight is 688 g/mol. The van der Waals surface area contributed by atoms with E-state index in [-0.39, 0.29) is 42.4 Å². The van der Waals surface area contributed by atoms with Crippen LogP contribution in [0.5, 0.6) is 0 Å². The maximum atomic E-state index is 15.0. The molecule has 3 aromatic rings. The highest BCUT2D eigenvalue weighted by atomic mass is 32.2. The van der Waals surface area contributed by atoms with Crippen LogP contribution in [0.2, 0.25) is 0 Å². The van der Waals surface area contributed by atoms with Crippen molar-refractivity contribution in [1.82, 2.24) is 19.8 Å². The molecule has 4 N–H and O–H groups in total. The smallest absolute Gasteiger partial charge is 0.407 e. The van der Waals surface area contributed by atoms with Crippen molar-refractivity contribution in [2.45, 2.75) is 78.6 Å². The Morgan fingerprint density at radius 1 is 1.08 bits per heavy atom. The molecule has 0 radical (unpaired) electrons. The summed E-state index contributed by atoms with van der Waals surface area (Å²) in [6.45, 7) is 12.0. The van der Waals surface area contributed by atoms with Crippen LogP contribution in [0.15, 0.2) is 54.7 Å². The van der Waals surface area contributed by atoms with Gasteiger partial charge in [-0.25, -0.2) is 18.6 Å². The van der Waals surface area contributed by atoms with E-state index >= 15 is 4.39 Å². The highest BCUT2D eigenvalue weighted by Crippen LogP contribution is 2.40. The number of nitrogens with one attached hydrogen (secondary N) is 1. The number of halogens is 2. The Balaban J connectivity index is 2.02. The van der Waals surface area contributed by atoms with Gasteiger partial charge in [0.1, 0.15) is 29.1 Å². The van der Waals surface area contributed by atoms with Crippen molar-refractivity contribution in [2.24, 2.45) is 11.1 Å². The molecule has 0 fully saturated rings. The molecule has 13 heteroatoms. The molecule has 0 saturated heterocycles. The maximum Gasteiger partial charge on any atom is 0.407 e. The fourth-order valence-electron chi connectivity index (χ4n) is 5.10. The van der Waals surface area contributed by atoms with E-state index in [0.29, 0.717) is 24.5 Å². The van der Waals surface area contributed by atoms with Crippen molar-refractivity contribution < 1.29 is 33.0 Å². The fourth-order valence-corrected chi connectivity index (χ4v) is 6.01. The molecule has 10 nitrogen and oxygen atoms in total. The summed E-state index contributed by atoms with van der Waals surface area (Å²) in [5, 5.41) is 11.9. The summed E-state index contributed by atoms with van der Waals surface area (Å²) >= 11 is 1.28. The van der Waals surface area contributed by atoms with E-state index in [1.165, 1.54) is 11.8 Å². The molecule has 0 unspecified atom stereocenters. The first-order chi connectivity index (χ1) is 22.5. The zero-order valence-electron chi connectivity index (χ0n) is 28.5. The number of nitrogens with zero attached hydrogens (tertiary/aromatic N) is 3. The van der Waals surface area contributed by atoms with Crippen LogP contribution >= 0.6 is 11.8 Å². The normalized spacial score (nSPS) is 13.1. The average Bonchev–Trinajstić information content (AvgIpc) is 3.38. The number of ether oxygens (including phenoxy) is 1. The number of thioether (sulfide) groups is 1. The van der Waals surface area contributed by atoms with Gasteiger partial charge in [0.2, 0.25) is 5.91 Å². The number of alkyl carbamates (subject to hydrolysis) is 1. The van der Waals surface area contributed by atoms with Gasteiger partial charge in [-0.15, -0.1) is 0 Å². The van der Waals surface area contributed by atoms with E-state index in [0.717, 1.165) is 23.8 Å². The number of carbonyl (C=O) groups is 3. The first-order valence-electron chi connectivity index (χ1n) is 15.8. The number of aromatic nitrogens is 2. The predicted octanol–water partition coefficient (Wildman–Crippen LogP) is 6.24. The topological polar surface area (TPSA) is 140 Å². The molecular formula is C35H47F2N5O5S. The first kappa shape index (κ1) is 38.5. The lowest BCUT2D eigenvalue weighted by Gasteiger charge is -2.40. The molecule has 0 aliphatic carbocycles. The molecule has 2 amide bonds. The number of benzene rings is 2. The second kappa shape index (κ2) is 16.9. The Labute approximate surface area is 285 Å². The van der Waals surface area contributed by atoms with E-state index in [1.807, 2.05) is 55.7 Å². The van der Waals surface area contributed by atoms with Crippen LogP contribution in [0.25, 0.3) is 11.3 Å². The summed E-state index contributed by atoms with van der Waals surface area (Å²) in [6.07, 6.45) is 1.68. The van der Waals surface area contributed by atoms with Gasteiger partial charge in [-0.1, -0.05) is 51.1 Å². The summed E-state index contributed by atoms with van der Waals surface area (Å²) in [5.74, 6) is -1.68. The van der Waals surface area contributed by atoms with Gasteiger partial charge in [-0.3, -0.25) is 9.59 Å². The summed E-state index contributed by atoms with van der Waals surface area (Å²) in [7, 11) is 0. The zero-order valence-corrected chi connectivity index (χ0v) is 29.3. The number of rotatable bonds is 15. The van der Waals surface area contributed by atoms with E-state index < -0.39 is 46.8 Å². The van der Waals surface area contributed by atoms with Crippen LogP contribution in [0, 0.1) is 17.0 Å². The van der Waals surface area contributed by atoms with Gasteiger partial charge < -0.3 is 30.4 Å². The summed E-state index contributed by atoms with van der Waals surface area (Å²) < 4.78 is 36.5. The second-order valence-electron chi connectivity index (χ2n) is 13.6. The predicted molar refractivity (Wildman–Crippen MR) is 183 cm³/mol. The van der Waals surface area contributed by atoms with Gasteiger partial charge >= 0.3 is 12.1 Å². The van der Waals surface area contributed by atoms with E-state index in [1.54, 1.807) is 31.9 Å². The number of carbonyl (C=O) groups excluding carboxylic acids is 2. The molecule has 1 heterocycles. The molecule has 3 rings (SSSR count). The van der Waals surface area contributed by atoms with Crippen LogP contribution in [0.4, 0.5) is 13.6 Å². The number of imidazole rings is 1. The highest BCUT2D eigenvalue weighted by molar-refractivity contribution is 7.99. The maximum absolute atomic E-state index is 15.0. The Morgan fingerprint density at radius 2 is 1.77 bits per heavy atom. The third kappa shape index (κ3) is 11.6. The quantitative estimate of drug-likeness (QED) is 0.160. The zero-order chi connectivity index (χ0) is 35.6. The Hall–Kier alpha value is -3.97. The Bertz CT molecular complexity index is 1540. The molecule has 0 saturated carbocycles. The van der Waals surface area contributed by atoms with Crippen LogP contribution in [0.3, 0.4) is 0 Å². The number of hydrogen-bond donors (Lipinski definition) is 3. The van der Waals surface area contributed by atoms with E-state index in [9.17, 15) is 18.8 Å². The lowest BCUT2D eigenvalue weighted by Crippen LogP contribution is -2.45. The molecule has 48 heavy (non-hydrogen) atoms. The second-order valence-corrected chi connectivity index (χ2v) is 14.8. The minimum atomic E-state index is -1.11. The van der Waals surface area contributed by atoms with Gasteiger partial charge in [0.25, 0.3) is 0 Å². The minimum absolute atomic E-state index is 0.000447. The standard InChI is InChI=1S/C35H47F2N5O5S/c1-34(2,3)30(31-40-28(25-19-24(36)13-14-26(25)37)21-41(31)20-23-11-8-7-9-12-23)42(17-10-16-39-33(46)47-35(4,5)6)29(43)22-48-18-15-27(38)32(44)45/h7-9,11-14,19,21,27,30H,10,15-18,20,22,38H2,1-6H3,(H,39,46)(H,44,45)/t27-,30-/m0/s1. The van der Waals surface area contributed by atoms with Gasteiger partial charge in [0, 0.05) is 31.4 Å². The Morgan fingerprint density at radius 3 is 2.40 bits per heavy atom. The van der Waals surface area contributed by atoms with Crippen LogP contribution in [0.1, 0.15) is 71.8 Å². The molecule has 0 spiro atoms. The number of carboxylic acids is 1. The highest BCUT2D eigenvalue weighted by Gasteiger charge is 2.38. The van der Waals surface area contributed by atoms with Crippen LogP contribution in [-0.2, 0) is 20.9 Å². The number of hydrogen-bond acceptors (Lipinski definition) is 7. The molecule has 2 aromatic carbocycles. The summed E-state index contributed by atoms with van der Waals surface area (Å²) in [6, 6.07) is 11.1. The minimum Gasteiger partial charge on any atom is -0.480 e. The van der Waals surface area contributed by atoms with Crippen molar-refractivity contribution in [3.8, 4) is 11.3 Å². The summed E-state index contributed by atoms with van der Waals surface area (Å²) in [4.78, 5) is 44.1. The van der Waals surface area contributed by atoms with Crippen molar-refractivity contribution in [3.63, 3.8) is 0 Å². The first-order valence-corrected chi connectivity index (χ1v) is 17.0. The lowest BCUT2D eigenvalue weighted by molar-refractivity contribution is -0.138. The van der Waals surface area contributed by atoms with Crippen LogP contribution in [-0.4, -0.2) is 73.8 Å². The van der Waals surface area contributed by atoms with Gasteiger partial charge in [-0.2, -0.15) is 11.8 Å². The monoisotopic (exact) mass is 687 g/mol. The van der Waals surface area contributed by atoms with E-state index in [2.05, 4.69) is 5.32 Å². The molecule has 0 bridgehead atoms. The number of carboxylic acid groups (broad SMARTS) is 1.